The molecule has 4 heteroatoms. The van der Waals surface area contributed by atoms with E-state index in [0.717, 1.165) is 5.56 Å². The van der Waals surface area contributed by atoms with Crippen molar-refractivity contribution in [3.63, 3.8) is 0 Å². The van der Waals surface area contributed by atoms with Crippen molar-refractivity contribution in [1.29, 1.82) is 0 Å². The molecule has 2 unspecified atom stereocenters. The van der Waals surface area contributed by atoms with Crippen LogP contribution in [0.15, 0.2) is 72.5 Å². The summed E-state index contributed by atoms with van der Waals surface area (Å²) in [6, 6.07) is 10.1. The van der Waals surface area contributed by atoms with Gasteiger partial charge in [0.15, 0.2) is 5.76 Å². The standard InChI is InChI=1S/C17H17O3P/c1-2-11-17(12-8-15-6-4-3-5-7-15)13-9-16(10-14-17)20-21(18)19/h2-13H,14H2,1H3/p+1. The molecular weight excluding hydrogens is 283 g/mol. The highest BCUT2D eigenvalue weighted by atomic mass is 31.1. The van der Waals surface area contributed by atoms with Gasteiger partial charge in [-0.3, -0.25) is 0 Å². The first-order valence-electron chi connectivity index (χ1n) is 6.75. The molecule has 2 rings (SSSR count). The Morgan fingerprint density at radius 3 is 2.62 bits per heavy atom. The molecule has 0 spiro atoms. The van der Waals surface area contributed by atoms with Gasteiger partial charge >= 0.3 is 8.25 Å². The molecule has 1 aromatic carbocycles. The van der Waals surface area contributed by atoms with Crippen molar-refractivity contribution in [3.8, 4) is 0 Å². The maximum Gasteiger partial charge on any atom is 0.747 e. The lowest BCUT2D eigenvalue weighted by atomic mass is 9.80. The van der Waals surface area contributed by atoms with Crippen LogP contribution >= 0.6 is 8.25 Å². The summed E-state index contributed by atoms with van der Waals surface area (Å²) in [4.78, 5) is 8.77. The topological polar surface area (TPSA) is 46.5 Å². The van der Waals surface area contributed by atoms with E-state index in [9.17, 15) is 4.57 Å². The third kappa shape index (κ3) is 4.52. The molecule has 0 amide bonds. The van der Waals surface area contributed by atoms with E-state index >= 15 is 0 Å². The van der Waals surface area contributed by atoms with Crippen LogP contribution in [0.4, 0.5) is 0 Å². The van der Waals surface area contributed by atoms with Crippen LogP contribution in [0.25, 0.3) is 6.08 Å². The quantitative estimate of drug-likeness (QED) is 0.629. The first kappa shape index (κ1) is 15.4. The van der Waals surface area contributed by atoms with Crippen molar-refractivity contribution in [2.75, 3.05) is 0 Å². The predicted molar refractivity (Wildman–Crippen MR) is 85.5 cm³/mol. The molecule has 0 radical (unpaired) electrons. The zero-order chi connectivity index (χ0) is 15.1. The molecule has 1 aromatic rings. The van der Waals surface area contributed by atoms with Gasteiger partial charge in [0.25, 0.3) is 0 Å². The van der Waals surface area contributed by atoms with Crippen LogP contribution < -0.4 is 0 Å². The van der Waals surface area contributed by atoms with Crippen LogP contribution in [-0.2, 0) is 9.09 Å². The second-order valence-electron chi connectivity index (χ2n) is 4.83. The molecule has 1 aliphatic carbocycles. The summed E-state index contributed by atoms with van der Waals surface area (Å²) in [6.45, 7) is 1.98. The maximum atomic E-state index is 10.7. The van der Waals surface area contributed by atoms with Crippen molar-refractivity contribution in [2.45, 2.75) is 13.3 Å². The highest BCUT2D eigenvalue weighted by molar-refractivity contribution is 7.32. The molecule has 21 heavy (non-hydrogen) atoms. The zero-order valence-corrected chi connectivity index (χ0v) is 12.7. The number of allylic oxidation sites excluding steroid dienone is 6. The van der Waals surface area contributed by atoms with Crippen LogP contribution in [0.3, 0.4) is 0 Å². The fourth-order valence-corrected chi connectivity index (χ4v) is 2.55. The van der Waals surface area contributed by atoms with Gasteiger partial charge in [-0.1, -0.05) is 60.7 Å². The highest BCUT2D eigenvalue weighted by Gasteiger charge is 2.25. The second-order valence-corrected chi connectivity index (χ2v) is 5.49. The zero-order valence-electron chi connectivity index (χ0n) is 11.8. The number of hydrogen-bond acceptors (Lipinski definition) is 2. The summed E-state index contributed by atoms with van der Waals surface area (Å²) in [5.41, 5.74) is 0.915. The Bertz CT molecular complexity index is 614. The molecule has 0 bridgehead atoms. The lowest BCUT2D eigenvalue weighted by molar-refractivity contribution is 0.356. The van der Waals surface area contributed by atoms with Gasteiger partial charge in [-0.2, -0.15) is 0 Å². The van der Waals surface area contributed by atoms with E-state index in [4.69, 9.17) is 9.42 Å². The third-order valence-electron chi connectivity index (χ3n) is 3.26. The minimum absolute atomic E-state index is 0.224. The second kappa shape index (κ2) is 7.16. The normalized spacial score (nSPS) is 22.6. The van der Waals surface area contributed by atoms with E-state index < -0.39 is 8.25 Å². The van der Waals surface area contributed by atoms with Gasteiger partial charge in [-0.15, -0.1) is 4.89 Å². The van der Waals surface area contributed by atoms with Crippen LogP contribution in [0.5, 0.6) is 0 Å². The van der Waals surface area contributed by atoms with Crippen LogP contribution in [0.1, 0.15) is 18.9 Å². The van der Waals surface area contributed by atoms with E-state index in [1.54, 1.807) is 6.08 Å². The Morgan fingerprint density at radius 2 is 2.05 bits per heavy atom. The van der Waals surface area contributed by atoms with Crippen molar-refractivity contribution < 1.29 is 14.0 Å². The summed E-state index contributed by atoms with van der Waals surface area (Å²) in [6.07, 6.45) is 14.6. The van der Waals surface area contributed by atoms with E-state index in [0.29, 0.717) is 12.2 Å². The number of rotatable bonds is 5. The van der Waals surface area contributed by atoms with E-state index in [2.05, 4.69) is 18.2 Å². The Balaban J connectivity index is 2.17. The third-order valence-corrected chi connectivity index (χ3v) is 3.63. The largest absolute Gasteiger partial charge is 0.747 e. The molecular formula is C17H18O3P+. The number of hydrogen-bond donors (Lipinski definition) is 1. The molecule has 1 N–H and O–H groups in total. The monoisotopic (exact) mass is 301 g/mol. The summed E-state index contributed by atoms with van der Waals surface area (Å²) in [5.74, 6) is 0.437. The molecule has 0 aromatic heterocycles. The van der Waals surface area contributed by atoms with Gasteiger partial charge in [-0.25, -0.2) is 4.52 Å². The highest BCUT2D eigenvalue weighted by Crippen LogP contribution is 2.36. The molecule has 2 atom stereocenters. The summed E-state index contributed by atoms with van der Waals surface area (Å²) in [7, 11) is -2.61. The Morgan fingerprint density at radius 1 is 1.29 bits per heavy atom. The van der Waals surface area contributed by atoms with Crippen molar-refractivity contribution in [1.82, 2.24) is 0 Å². The van der Waals surface area contributed by atoms with Gasteiger partial charge in [0.1, 0.15) is 0 Å². The first-order chi connectivity index (χ1) is 10.1. The van der Waals surface area contributed by atoms with Crippen LogP contribution in [-0.4, -0.2) is 4.89 Å². The average Bonchev–Trinajstić information content (AvgIpc) is 2.49. The molecule has 0 heterocycles. The molecule has 0 saturated carbocycles. The summed E-state index contributed by atoms with van der Waals surface area (Å²) in [5, 5.41) is 0. The Labute approximate surface area is 125 Å². The van der Waals surface area contributed by atoms with Crippen LogP contribution in [0, 0.1) is 5.41 Å². The summed E-state index contributed by atoms with van der Waals surface area (Å²) >= 11 is 0. The smallest absolute Gasteiger partial charge is 0.230 e. The molecule has 0 fully saturated rings. The minimum atomic E-state index is -2.61. The first-order valence-corrected chi connectivity index (χ1v) is 7.88. The fraction of sp³-hybridized carbons (Fsp3) is 0.176. The predicted octanol–water partition coefficient (Wildman–Crippen LogP) is 4.77. The molecule has 0 saturated heterocycles. The van der Waals surface area contributed by atoms with Gasteiger partial charge < -0.3 is 0 Å². The van der Waals surface area contributed by atoms with Crippen LogP contribution in [0.2, 0.25) is 0 Å². The Hall–Kier alpha value is -1.96. The molecule has 108 valence electrons. The van der Waals surface area contributed by atoms with E-state index in [1.165, 1.54) is 0 Å². The van der Waals surface area contributed by atoms with Gasteiger partial charge in [0.2, 0.25) is 0 Å². The fourth-order valence-electron chi connectivity index (χ4n) is 2.24. The molecule has 0 aliphatic heterocycles. The number of benzene rings is 1. The van der Waals surface area contributed by atoms with Crippen molar-refractivity contribution in [3.05, 3.63) is 78.1 Å². The Kier molecular flexibility index (Phi) is 5.26. The van der Waals surface area contributed by atoms with E-state index in [-0.39, 0.29) is 5.41 Å². The SMILES string of the molecule is CC=CC1(C=Cc2ccccc2)C=CC(O[P+](=O)O)=CC1. The van der Waals surface area contributed by atoms with Gasteiger partial charge in [0.05, 0.1) is 0 Å². The molecule has 3 nitrogen and oxygen atoms in total. The van der Waals surface area contributed by atoms with E-state index in [1.807, 2.05) is 55.5 Å². The summed E-state index contributed by atoms with van der Waals surface area (Å²) < 4.78 is 15.5. The van der Waals surface area contributed by atoms with Crippen molar-refractivity contribution >= 4 is 14.3 Å². The molecule has 1 aliphatic rings. The minimum Gasteiger partial charge on any atom is -0.230 e. The van der Waals surface area contributed by atoms with Crippen molar-refractivity contribution in [2.24, 2.45) is 5.41 Å². The average molecular weight is 301 g/mol. The van der Waals surface area contributed by atoms with Gasteiger partial charge in [0, 0.05) is 9.98 Å². The van der Waals surface area contributed by atoms with Gasteiger partial charge in [-0.05, 0) is 31.1 Å². The lowest BCUT2D eigenvalue weighted by Crippen LogP contribution is -2.13. The lowest BCUT2D eigenvalue weighted by Gasteiger charge is -2.24. The maximum absolute atomic E-state index is 10.7.